The molecule has 5 rings (SSSR count). The van der Waals surface area contributed by atoms with Crippen molar-refractivity contribution in [3.05, 3.63) is 60.9 Å². The molecule has 2 aromatic carbocycles. The predicted octanol–water partition coefficient (Wildman–Crippen LogP) is 3.87. The molecule has 4 aromatic rings. The van der Waals surface area contributed by atoms with Crippen LogP contribution in [0.5, 0.6) is 11.5 Å². The minimum Gasteiger partial charge on any atom is -0.457 e. The Labute approximate surface area is 174 Å². The monoisotopic (exact) mass is 400 g/mol. The lowest BCUT2D eigenvalue weighted by molar-refractivity contribution is 0.325. The van der Waals surface area contributed by atoms with Crippen molar-refractivity contribution in [3.8, 4) is 22.8 Å². The summed E-state index contributed by atoms with van der Waals surface area (Å²) < 4.78 is 7.90. The molecule has 7 heteroatoms. The number of para-hydroxylation sites is 1. The molecule has 0 aliphatic carbocycles. The third kappa shape index (κ3) is 3.71. The molecule has 0 spiro atoms. The Kier molecular flexibility index (Phi) is 5.03. The summed E-state index contributed by atoms with van der Waals surface area (Å²) in [7, 11) is 0. The molecule has 2 aromatic heterocycles. The molecule has 1 saturated heterocycles. The van der Waals surface area contributed by atoms with E-state index < -0.39 is 0 Å². The molecule has 1 aliphatic rings. The molecule has 0 radical (unpaired) electrons. The van der Waals surface area contributed by atoms with E-state index in [0.29, 0.717) is 11.7 Å². The quantitative estimate of drug-likeness (QED) is 0.528. The Morgan fingerprint density at radius 1 is 0.967 bits per heavy atom. The number of piperidine rings is 1. The van der Waals surface area contributed by atoms with E-state index in [1.807, 2.05) is 59.3 Å². The van der Waals surface area contributed by atoms with Gasteiger partial charge in [-0.1, -0.05) is 18.2 Å². The third-order valence-electron chi connectivity index (χ3n) is 5.56. The Bertz CT molecular complexity index is 1130. The van der Waals surface area contributed by atoms with Gasteiger partial charge >= 0.3 is 0 Å². The smallest absolute Gasteiger partial charge is 0.163 e. The number of nitrogens with one attached hydrogen (secondary N) is 1. The van der Waals surface area contributed by atoms with Crippen molar-refractivity contribution in [1.29, 1.82) is 0 Å². The summed E-state index contributed by atoms with van der Waals surface area (Å²) in [6.45, 7) is 2.94. The number of fused-ring (bicyclic) bond motifs is 1. The average molecular weight is 400 g/mol. The molecule has 0 amide bonds. The second-order valence-corrected chi connectivity index (χ2v) is 7.62. The summed E-state index contributed by atoms with van der Waals surface area (Å²) in [6, 6.07) is 17.6. The van der Waals surface area contributed by atoms with Crippen LogP contribution in [0.4, 0.5) is 5.82 Å². The minimum absolute atomic E-state index is 0.455. The van der Waals surface area contributed by atoms with Gasteiger partial charge in [0.15, 0.2) is 5.65 Å². The van der Waals surface area contributed by atoms with Crippen LogP contribution in [0, 0.1) is 5.92 Å². The average Bonchev–Trinajstić information content (AvgIpc) is 3.15. The zero-order valence-electron chi connectivity index (χ0n) is 16.7. The van der Waals surface area contributed by atoms with Crippen LogP contribution in [-0.4, -0.2) is 32.8 Å². The molecule has 3 heterocycles. The molecular formula is C23H24N6O. The van der Waals surface area contributed by atoms with Gasteiger partial charge in [0.2, 0.25) is 0 Å². The van der Waals surface area contributed by atoms with Crippen molar-refractivity contribution in [1.82, 2.24) is 25.1 Å². The van der Waals surface area contributed by atoms with Crippen LogP contribution in [0.1, 0.15) is 12.8 Å². The molecule has 152 valence electrons. The maximum Gasteiger partial charge on any atom is 0.163 e. The van der Waals surface area contributed by atoms with Gasteiger partial charge in [0, 0.05) is 12.1 Å². The summed E-state index contributed by atoms with van der Waals surface area (Å²) in [6.07, 6.45) is 3.80. The molecule has 30 heavy (non-hydrogen) atoms. The molecule has 0 saturated carbocycles. The summed E-state index contributed by atoms with van der Waals surface area (Å²) in [5.41, 5.74) is 8.80. The normalized spacial score (nSPS) is 14.8. The summed E-state index contributed by atoms with van der Waals surface area (Å²) in [5, 5.41) is 9.12. The lowest BCUT2D eigenvalue weighted by Crippen LogP contribution is -2.30. The second-order valence-electron chi connectivity index (χ2n) is 7.62. The fraction of sp³-hybridized carbons (Fsp3) is 0.261. The Hall–Kier alpha value is -3.45. The topological polar surface area (TPSA) is 90.9 Å². The SMILES string of the molecule is Nc1ncnc2c1c(-c1ccc(Oc3ccccc3)cc1)nn2CC1CCNCC1. The Morgan fingerprint density at radius 2 is 1.70 bits per heavy atom. The molecule has 7 nitrogen and oxygen atoms in total. The molecule has 0 unspecified atom stereocenters. The van der Waals surface area contributed by atoms with Gasteiger partial charge in [-0.15, -0.1) is 0 Å². The van der Waals surface area contributed by atoms with Crippen molar-refractivity contribution in [3.63, 3.8) is 0 Å². The maximum atomic E-state index is 6.23. The number of anilines is 1. The van der Waals surface area contributed by atoms with Crippen LogP contribution in [0.15, 0.2) is 60.9 Å². The Morgan fingerprint density at radius 3 is 2.47 bits per heavy atom. The lowest BCUT2D eigenvalue weighted by Gasteiger charge is -2.22. The first-order chi connectivity index (χ1) is 14.8. The third-order valence-corrected chi connectivity index (χ3v) is 5.56. The zero-order valence-corrected chi connectivity index (χ0v) is 16.7. The number of nitrogen functional groups attached to an aromatic ring is 1. The second kappa shape index (κ2) is 8.12. The largest absolute Gasteiger partial charge is 0.457 e. The van der Waals surface area contributed by atoms with Crippen LogP contribution >= 0.6 is 0 Å². The van der Waals surface area contributed by atoms with Crippen molar-refractivity contribution in [2.75, 3.05) is 18.8 Å². The number of hydrogen-bond donors (Lipinski definition) is 2. The van der Waals surface area contributed by atoms with Crippen LogP contribution < -0.4 is 15.8 Å². The number of nitrogens with two attached hydrogens (primary N) is 1. The van der Waals surface area contributed by atoms with Gasteiger partial charge in [0.25, 0.3) is 0 Å². The van der Waals surface area contributed by atoms with Crippen LogP contribution in [0.2, 0.25) is 0 Å². The van der Waals surface area contributed by atoms with Crippen molar-refractivity contribution < 1.29 is 4.74 Å². The molecule has 0 bridgehead atoms. The van der Waals surface area contributed by atoms with Crippen LogP contribution in [0.25, 0.3) is 22.3 Å². The van der Waals surface area contributed by atoms with Gasteiger partial charge in [0.05, 0.1) is 5.39 Å². The van der Waals surface area contributed by atoms with Crippen LogP contribution in [0.3, 0.4) is 0 Å². The van der Waals surface area contributed by atoms with Gasteiger partial charge in [-0.2, -0.15) is 5.10 Å². The summed E-state index contributed by atoms with van der Waals surface area (Å²) in [4.78, 5) is 8.70. The van der Waals surface area contributed by atoms with Gasteiger partial charge in [-0.25, -0.2) is 14.6 Å². The van der Waals surface area contributed by atoms with Crippen LogP contribution in [-0.2, 0) is 6.54 Å². The highest BCUT2D eigenvalue weighted by Gasteiger charge is 2.20. The van der Waals surface area contributed by atoms with E-state index in [1.54, 1.807) is 0 Å². The molecule has 1 aliphatic heterocycles. The van der Waals surface area contributed by atoms with E-state index in [4.69, 9.17) is 15.6 Å². The highest BCUT2D eigenvalue weighted by molar-refractivity contribution is 5.98. The first kappa shape index (κ1) is 18.6. The molecule has 0 atom stereocenters. The van der Waals surface area contributed by atoms with Crippen molar-refractivity contribution in [2.45, 2.75) is 19.4 Å². The number of hydrogen-bond acceptors (Lipinski definition) is 6. The zero-order chi connectivity index (χ0) is 20.3. The fourth-order valence-corrected chi connectivity index (χ4v) is 3.97. The number of benzene rings is 2. The number of nitrogens with zero attached hydrogens (tertiary/aromatic N) is 4. The highest BCUT2D eigenvalue weighted by atomic mass is 16.5. The minimum atomic E-state index is 0.455. The van der Waals surface area contributed by atoms with Gasteiger partial charge < -0.3 is 15.8 Å². The van der Waals surface area contributed by atoms with E-state index in [0.717, 1.165) is 66.3 Å². The lowest BCUT2D eigenvalue weighted by atomic mass is 9.98. The highest BCUT2D eigenvalue weighted by Crippen LogP contribution is 2.32. The van der Waals surface area contributed by atoms with E-state index in [1.165, 1.54) is 6.33 Å². The van der Waals surface area contributed by atoms with Gasteiger partial charge in [-0.3, -0.25) is 0 Å². The summed E-state index contributed by atoms with van der Waals surface area (Å²) >= 11 is 0. The molecular weight excluding hydrogens is 376 g/mol. The predicted molar refractivity (Wildman–Crippen MR) is 117 cm³/mol. The van der Waals surface area contributed by atoms with E-state index >= 15 is 0 Å². The fourth-order valence-electron chi connectivity index (χ4n) is 3.97. The van der Waals surface area contributed by atoms with E-state index in [2.05, 4.69) is 15.3 Å². The van der Waals surface area contributed by atoms with Gasteiger partial charge in [0.1, 0.15) is 29.3 Å². The van der Waals surface area contributed by atoms with E-state index in [-0.39, 0.29) is 0 Å². The first-order valence-electron chi connectivity index (χ1n) is 10.3. The van der Waals surface area contributed by atoms with Crippen molar-refractivity contribution in [2.24, 2.45) is 5.92 Å². The van der Waals surface area contributed by atoms with E-state index in [9.17, 15) is 0 Å². The van der Waals surface area contributed by atoms with Crippen molar-refractivity contribution >= 4 is 16.9 Å². The Balaban J connectivity index is 1.47. The van der Waals surface area contributed by atoms with Gasteiger partial charge in [-0.05, 0) is 68.2 Å². The number of rotatable bonds is 5. The number of ether oxygens (including phenoxy) is 1. The first-order valence-corrected chi connectivity index (χ1v) is 10.3. The number of aromatic nitrogens is 4. The summed E-state index contributed by atoms with van der Waals surface area (Å²) in [5.74, 6) is 2.61. The maximum absolute atomic E-state index is 6.23. The standard InChI is InChI=1S/C23H24N6O/c24-22-20-21(17-6-8-19(9-7-17)30-18-4-2-1-3-5-18)28-29(23(20)27-15-26-22)14-16-10-12-25-13-11-16/h1-9,15-16,25H,10-14H2,(H2,24,26,27). The molecule has 1 fully saturated rings. The molecule has 3 N–H and O–H groups in total.